The van der Waals surface area contributed by atoms with Gasteiger partial charge >= 0.3 is 0 Å². The summed E-state index contributed by atoms with van der Waals surface area (Å²) in [6.07, 6.45) is 14.8. The predicted octanol–water partition coefficient (Wildman–Crippen LogP) is 18.9. The number of benzene rings is 9. The zero-order valence-electron chi connectivity index (χ0n) is 43.5. The molecule has 366 valence electrons. The monoisotopic (exact) mass is 978 g/mol. The first-order chi connectivity index (χ1) is 37.3. The fraction of sp³-hybridized carbons (Fsp3) is 0.139. The van der Waals surface area contributed by atoms with E-state index in [4.69, 9.17) is 0 Å². The lowest BCUT2D eigenvalue weighted by Crippen LogP contribution is -2.30. The Morgan fingerprint density at radius 2 is 1.26 bits per heavy atom. The zero-order chi connectivity index (χ0) is 50.8. The number of fused-ring (bicyclic) bond motifs is 13. The molecule has 3 atom stereocenters. The zero-order valence-corrected chi connectivity index (χ0v) is 43.5. The minimum absolute atomic E-state index is 0.155. The molecule has 11 aromatic rings. The lowest BCUT2D eigenvalue weighted by atomic mass is 9.72. The van der Waals surface area contributed by atoms with Crippen LogP contribution in [0.3, 0.4) is 0 Å². The fourth-order valence-corrected chi connectivity index (χ4v) is 13.8. The Morgan fingerprint density at radius 1 is 0.579 bits per heavy atom. The smallest absolute Gasteiger partial charge is 0.0562 e. The van der Waals surface area contributed by atoms with Gasteiger partial charge in [-0.25, -0.2) is 0 Å². The lowest BCUT2D eigenvalue weighted by molar-refractivity contribution is 0.583. The normalized spacial score (nSPS) is 18.6. The largest absolute Gasteiger partial charge is 0.313 e. The van der Waals surface area contributed by atoms with Gasteiger partial charge in [-0.15, -0.1) is 0 Å². The molecule has 3 heterocycles. The standard InChI is InChI=1S/C72H58N4/c1-46-16-15-23-56(40-46)75-64-25-14-13-24-63(64)72(4)45-52(30-39-68(72)75)50-27-31-55(32-28-50)73(57-33-29-49-17-11-12-18-51(49)43-57)58-34-36-60-67(44-58)74(53-19-7-5-8-20-53)65-38-37-59-62(69(60)65)42-48(3)71-70(59)61-35-26-47(2)41-66(61)76(71)54-21-9-6-10-22-54/h5-15,17-41,43-44,46,48H,16,42,45H2,1-4H3. The van der Waals surface area contributed by atoms with Crippen molar-refractivity contribution in [3.05, 3.63) is 270 Å². The fourth-order valence-electron chi connectivity index (χ4n) is 13.8. The molecule has 0 saturated heterocycles. The van der Waals surface area contributed by atoms with E-state index >= 15 is 0 Å². The van der Waals surface area contributed by atoms with Crippen molar-refractivity contribution in [3.8, 4) is 22.5 Å². The number of hydrogen-bond acceptors (Lipinski definition) is 2. The summed E-state index contributed by atoms with van der Waals surface area (Å²) in [5.41, 5.74) is 24.0. The molecular formula is C72H58N4. The first kappa shape index (κ1) is 44.6. The van der Waals surface area contributed by atoms with Gasteiger partial charge in [0.1, 0.15) is 0 Å². The molecule has 3 unspecified atom stereocenters. The van der Waals surface area contributed by atoms with E-state index in [9.17, 15) is 0 Å². The number of anilines is 4. The average Bonchev–Trinajstić information content (AvgIpc) is 4.28. The molecule has 1 aliphatic heterocycles. The molecule has 4 nitrogen and oxygen atoms in total. The second kappa shape index (κ2) is 17.1. The van der Waals surface area contributed by atoms with E-state index in [0.29, 0.717) is 5.92 Å². The minimum Gasteiger partial charge on any atom is -0.313 e. The molecule has 76 heavy (non-hydrogen) atoms. The van der Waals surface area contributed by atoms with Crippen molar-refractivity contribution in [2.24, 2.45) is 5.92 Å². The van der Waals surface area contributed by atoms with Crippen molar-refractivity contribution in [3.63, 3.8) is 0 Å². The van der Waals surface area contributed by atoms with Crippen LogP contribution in [0.5, 0.6) is 0 Å². The first-order valence-corrected chi connectivity index (χ1v) is 27.2. The molecule has 0 fully saturated rings. The molecular weight excluding hydrogens is 921 g/mol. The van der Waals surface area contributed by atoms with Gasteiger partial charge in [0.15, 0.2) is 0 Å². The van der Waals surface area contributed by atoms with Gasteiger partial charge in [-0.05, 0) is 174 Å². The van der Waals surface area contributed by atoms with Crippen molar-refractivity contribution in [1.29, 1.82) is 0 Å². The third kappa shape index (κ3) is 6.76. The van der Waals surface area contributed by atoms with Crippen LogP contribution in [0.4, 0.5) is 22.7 Å². The summed E-state index contributed by atoms with van der Waals surface area (Å²) in [7, 11) is 0. The van der Waals surface area contributed by atoms with Crippen molar-refractivity contribution in [1.82, 2.24) is 9.13 Å². The van der Waals surface area contributed by atoms with Gasteiger partial charge in [0.25, 0.3) is 0 Å². The highest BCUT2D eigenvalue weighted by molar-refractivity contribution is 6.15. The van der Waals surface area contributed by atoms with Gasteiger partial charge in [-0.1, -0.05) is 153 Å². The number of rotatable bonds is 7. The summed E-state index contributed by atoms with van der Waals surface area (Å²) in [6, 6.07) is 75.0. The predicted molar refractivity (Wildman–Crippen MR) is 320 cm³/mol. The molecule has 9 aromatic carbocycles. The van der Waals surface area contributed by atoms with E-state index in [1.54, 1.807) is 0 Å². The number of para-hydroxylation sites is 3. The Bertz CT molecular complexity index is 4310. The number of allylic oxidation sites excluding steroid dienone is 7. The Balaban J connectivity index is 0.885. The molecule has 3 aliphatic carbocycles. The van der Waals surface area contributed by atoms with E-state index in [0.717, 1.165) is 42.0 Å². The first-order valence-electron chi connectivity index (χ1n) is 27.2. The highest BCUT2D eigenvalue weighted by Gasteiger charge is 2.46. The molecule has 2 aromatic heterocycles. The van der Waals surface area contributed by atoms with E-state index in [-0.39, 0.29) is 11.3 Å². The van der Waals surface area contributed by atoms with E-state index in [1.807, 2.05) is 0 Å². The van der Waals surface area contributed by atoms with Crippen LogP contribution in [0.1, 0.15) is 67.5 Å². The SMILES string of the molecule is Cc1ccc2c3c(n(-c4ccccc4)c2c1)C(C)Cc1c-3ccc2c1c1ccc(N(c3ccc(C4=CC=C5N(C6=CC(C)CC=C6)c6ccccc6C5(C)C4)cc3)c3ccc4ccccc4c3)cc1n2-c1ccccc1. The van der Waals surface area contributed by atoms with Gasteiger partial charge in [0, 0.05) is 84.3 Å². The Hall–Kier alpha value is -8.86. The highest BCUT2D eigenvalue weighted by Crippen LogP contribution is 2.56. The summed E-state index contributed by atoms with van der Waals surface area (Å²) in [6.45, 7) is 9.41. The molecule has 4 heteroatoms. The topological polar surface area (TPSA) is 16.3 Å². The maximum Gasteiger partial charge on any atom is 0.0562 e. The van der Waals surface area contributed by atoms with Gasteiger partial charge < -0.3 is 18.9 Å². The second-order valence-electron chi connectivity index (χ2n) is 22.1. The molecule has 0 saturated carbocycles. The van der Waals surface area contributed by atoms with Crippen LogP contribution >= 0.6 is 0 Å². The number of aryl methyl sites for hydroxylation is 1. The maximum absolute atomic E-state index is 2.54. The molecule has 0 spiro atoms. The molecule has 0 amide bonds. The van der Waals surface area contributed by atoms with Crippen molar-refractivity contribution >= 4 is 71.8 Å². The summed E-state index contributed by atoms with van der Waals surface area (Å²) in [5.74, 6) is 0.804. The summed E-state index contributed by atoms with van der Waals surface area (Å²) >= 11 is 0. The molecule has 0 radical (unpaired) electrons. The van der Waals surface area contributed by atoms with Crippen molar-refractivity contribution in [2.75, 3.05) is 9.80 Å². The average molecular weight is 979 g/mol. The van der Waals surface area contributed by atoms with Gasteiger partial charge in [0.05, 0.1) is 16.6 Å². The van der Waals surface area contributed by atoms with Crippen molar-refractivity contribution in [2.45, 2.75) is 58.3 Å². The van der Waals surface area contributed by atoms with Gasteiger partial charge in [0.2, 0.25) is 0 Å². The molecule has 0 bridgehead atoms. The van der Waals surface area contributed by atoms with Crippen LogP contribution in [0.25, 0.3) is 71.6 Å². The van der Waals surface area contributed by atoms with E-state index in [2.05, 4.69) is 277 Å². The highest BCUT2D eigenvalue weighted by atomic mass is 15.2. The lowest BCUT2D eigenvalue weighted by Gasteiger charge is -2.35. The van der Waals surface area contributed by atoms with Crippen molar-refractivity contribution < 1.29 is 0 Å². The summed E-state index contributed by atoms with van der Waals surface area (Å²) < 4.78 is 5.05. The maximum atomic E-state index is 2.54. The van der Waals surface area contributed by atoms with Crippen LogP contribution in [-0.2, 0) is 11.8 Å². The summed E-state index contributed by atoms with van der Waals surface area (Å²) in [4.78, 5) is 4.98. The number of aromatic nitrogens is 2. The Kier molecular flexibility index (Phi) is 10.0. The molecule has 4 aliphatic rings. The molecule has 15 rings (SSSR count). The van der Waals surface area contributed by atoms with Gasteiger partial charge in [-0.3, -0.25) is 0 Å². The van der Waals surface area contributed by atoms with E-state index in [1.165, 1.54) is 111 Å². The second-order valence-corrected chi connectivity index (χ2v) is 22.1. The number of nitrogens with zero attached hydrogens (tertiary/aromatic N) is 4. The number of hydrogen-bond donors (Lipinski definition) is 0. The van der Waals surface area contributed by atoms with Crippen LogP contribution in [-0.4, -0.2) is 9.13 Å². The van der Waals surface area contributed by atoms with Crippen LogP contribution in [0.15, 0.2) is 242 Å². The van der Waals surface area contributed by atoms with E-state index < -0.39 is 0 Å². The third-order valence-corrected chi connectivity index (χ3v) is 17.2. The third-order valence-electron chi connectivity index (χ3n) is 17.2. The van der Waals surface area contributed by atoms with Crippen LogP contribution < -0.4 is 9.80 Å². The van der Waals surface area contributed by atoms with Crippen LogP contribution in [0.2, 0.25) is 0 Å². The minimum atomic E-state index is -0.155. The molecule has 0 N–H and O–H groups in total. The quantitative estimate of drug-likeness (QED) is 0.158. The summed E-state index contributed by atoms with van der Waals surface area (Å²) in [5, 5.41) is 6.37. The Labute approximate surface area is 445 Å². The Morgan fingerprint density at radius 3 is 2.07 bits per heavy atom. The van der Waals surface area contributed by atoms with Crippen LogP contribution in [0, 0.1) is 12.8 Å². The van der Waals surface area contributed by atoms with Gasteiger partial charge in [-0.2, -0.15) is 0 Å².